The number of methoxy groups -OCH3 is 3. The van der Waals surface area contributed by atoms with Gasteiger partial charge in [0.25, 0.3) is 0 Å². The smallest absolute Gasteiger partial charge is 0.355 e. The lowest BCUT2D eigenvalue weighted by atomic mass is 10.1. The SMILES string of the molecule is COC(=O)C1=C(C(=O)OC)N(c2cc3[nH]c(=O)[nH]c3cc2OC)COC1. The lowest BCUT2D eigenvalue weighted by Gasteiger charge is -2.32. The molecule has 1 aromatic heterocycles. The van der Waals surface area contributed by atoms with Gasteiger partial charge in [-0.2, -0.15) is 0 Å². The molecule has 2 heterocycles. The van der Waals surface area contributed by atoms with Crippen molar-refractivity contribution in [3.05, 3.63) is 33.9 Å². The van der Waals surface area contributed by atoms with E-state index in [0.29, 0.717) is 22.5 Å². The number of H-pyrrole nitrogens is 2. The first kappa shape index (κ1) is 17.5. The first-order valence-electron chi connectivity index (χ1n) is 7.55. The highest BCUT2D eigenvalue weighted by Gasteiger charge is 2.33. The summed E-state index contributed by atoms with van der Waals surface area (Å²) in [7, 11) is 3.87. The fourth-order valence-corrected chi connectivity index (χ4v) is 2.76. The van der Waals surface area contributed by atoms with Crippen LogP contribution in [-0.4, -0.2) is 56.6 Å². The van der Waals surface area contributed by atoms with E-state index in [0.717, 1.165) is 0 Å². The van der Waals surface area contributed by atoms with Crippen LogP contribution in [0.5, 0.6) is 5.75 Å². The van der Waals surface area contributed by atoms with Crippen molar-refractivity contribution in [2.75, 3.05) is 39.6 Å². The van der Waals surface area contributed by atoms with Crippen LogP contribution in [0.15, 0.2) is 28.2 Å². The molecule has 1 aromatic carbocycles. The number of aromatic amines is 2. The summed E-state index contributed by atoms with van der Waals surface area (Å²) in [5, 5.41) is 0. The summed E-state index contributed by atoms with van der Waals surface area (Å²) in [6, 6.07) is 3.21. The molecule has 0 unspecified atom stereocenters. The number of fused-ring (bicyclic) bond motifs is 1. The molecule has 3 rings (SSSR count). The predicted octanol–water partition coefficient (Wildman–Crippen LogP) is 0.259. The highest BCUT2D eigenvalue weighted by atomic mass is 16.5. The van der Waals surface area contributed by atoms with Crippen LogP contribution in [-0.2, 0) is 23.8 Å². The second-order valence-corrected chi connectivity index (χ2v) is 5.36. The molecule has 0 fully saturated rings. The van der Waals surface area contributed by atoms with Crippen molar-refractivity contribution in [1.82, 2.24) is 9.97 Å². The van der Waals surface area contributed by atoms with Gasteiger partial charge in [0.05, 0.1) is 50.2 Å². The number of anilines is 1. The monoisotopic (exact) mass is 363 g/mol. The van der Waals surface area contributed by atoms with E-state index in [9.17, 15) is 14.4 Å². The lowest BCUT2D eigenvalue weighted by molar-refractivity contribution is -0.140. The summed E-state index contributed by atoms with van der Waals surface area (Å²) in [6.45, 7) is -0.124. The molecular weight excluding hydrogens is 346 g/mol. The zero-order chi connectivity index (χ0) is 18.8. The van der Waals surface area contributed by atoms with Gasteiger partial charge < -0.3 is 33.8 Å². The molecule has 26 heavy (non-hydrogen) atoms. The van der Waals surface area contributed by atoms with Crippen LogP contribution in [0.2, 0.25) is 0 Å². The van der Waals surface area contributed by atoms with Gasteiger partial charge in [-0.25, -0.2) is 14.4 Å². The summed E-state index contributed by atoms with van der Waals surface area (Å²) in [5.74, 6) is -1.06. The third-order valence-electron chi connectivity index (χ3n) is 3.94. The molecule has 0 saturated carbocycles. The summed E-state index contributed by atoms with van der Waals surface area (Å²) < 4.78 is 20.4. The Morgan fingerprint density at radius 1 is 1.08 bits per heavy atom. The number of nitrogens with one attached hydrogen (secondary N) is 2. The van der Waals surface area contributed by atoms with E-state index < -0.39 is 11.9 Å². The van der Waals surface area contributed by atoms with Gasteiger partial charge in [0.15, 0.2) is 0 Å². The second kappa shape index (κ2) is 6.92. The maximum absolute atomic E-state index is 12.4. The highest BCUT2D eigenvalue weighted by Crippen LogP contribution is 2.36. The number of benzene rings is 1. The molecule has 1 aliphatic rings. The summed E-state index contributed by atoms with van der Waals surface area (Å²) in [5.41, 5.74) is 1.08. The highest BCUT2D eigenvalue weighted by molar-refractivity contribution is 6.04. The number of aromatic nitrogens is 2. The average molecular weight is 363 g/mol. The minimum absolute atomic E-state index is 0.0128. The van der Waals surface area contributed by atoms with Crippen molar-refractivity contribution >= 4 is 28.7 Å². The quantitative estimate of drug-likeness (QED) is 0.742. The van der Waals surface area contributed by atoms with Gasteiger partial charge in [0.1, 0.15) is 18.2 Å². The molecule has 0 saturated heterocycles. The minimum atomic E-state index is -0.724. The number of hydrogen-bond donors (Lipinski definition) is 2. The fourth-order valence-electron chi connectivity index (χ4n) is 2.76. The zero-order valence-corrected chi connectivity index (χ0v) is 14.4. The molecule has 10 heteroatoms. The van der Waals surface area contributed by atoms with E-state index >= 15 is 0 Å². The van der Waals surface area contributed by atoms with Gasteiger partial charge in [0, 0.05) is 6.07 Å². The average Bonchev–Trinajstić information content (AvgIpc) is 3.03. The molecule has 0 radical (unpaired) electrons. The molecule has 2 N–H and O–H groups in total. The lowest BCUT2D eigenvalue weighted by Crippen LogP contribution is -2.39. The summed E-state index contributed by atoms with van der Waals surface area (Å²) >= 11 is 0. The van der Waals surface area contributed by atoms with Gasteiger partial charge in [-0.3, -0.25) is 0 Å². The Labute approximate surface area is 147 Å². The van der Waals surface area contributed by atoms with E-state index in [2.05, 4.69) is 9.97 Å². The Hall–Kier alpha value is -3.27. The number of imidazole rings is 1. The van der Waals surface area contributed by atoms with Crippen LogP contribution in [0.4, 0.5) is 5.69 Å². The molecule has 138 valence electrons. The Morgan fingerprint density at radius 2 is 1.73 bits per heavy atom. The molecule has 10 nitrogen and oxygen atoms in total. The third kappa shape index (κ3) is 2.90. The van der Waals surface area contributed by atoms with Gasteiger partial charge in [0.2, 0.25) is 0 Å². The number of nitrogens with zero attached hydrogens (tertiary/aromatic N) is 1. The Balaban J connectivity index is 2.22. The largest absolute Gasteiger partial charge is 0.494 e. The van der Waals surface area contributed by atoms with Crippen molar-refractivity contribution in [3.63, 3.8) is 0 Å². The topological polar surface area (TPSA) is 123 Å². The minimum Gasteiger partial charge on any atom is -0.494 e. The summed E-state index contributed by atoms with van der Waals surface area (Å²) in [6.07, 6.45) is 0. The zero-order valence-electron chi connectivity index (χ0n) is 14.4. The number of rotatable bonds is 4. The van der Waals surface area contributed by atoms with Crippen molar-refractivity contribution in [3.8, 4) is 5.75 Å². The molecular formula is C16H17N3O7. The summed E-state index contributed by atoms with van der Waals surface area (Å²) in [4.78, 5) is 42.7. The molecule has 0 amide bonds. The Kier molecular flexibility index (Phi) is 4.67. The van der Waals surface area contributed by atoms with Crippen LogP contribution in [0.3, 0.4) is 0 Å². The molecule has 2 aromatic rings. The van der Waals surface area contributed by atoms with Crippen LogP contribution in [0.25, 0.3) is 11.0 Å². The van der Waals surface area contributed by atoms with Gasteiger partial charge in [-0.05, 0) is 6.07 Å². The normalized spacial score (nSPS) is 14.5. The van der Waals surface area contributed by atoms with Crippen LogP contribution in [0, 0.1) is 0 Å². The maximum Gasteiger partial charge on any atom is 0.355 e. The number of ether oxygens (including phenoxy) is 4. The predicted molar refractivity (Wildman–Crippen MR) is 89.8 cm³/mol. The molecule has 0 bridgehead atoms. The number of esters is 2. The van der Waals surface area contributed by atoms with Crippen LogP contribution >= 0.6 is 0 Å². The van der Waals surface area contributed by atoms with E-state index in [1.807, 2.05) is 0 Å². The molecule has 0 spiro atoms. The first-order chi connectivity index (χ1) is 12.5. The first-order valence-corrected chi connectivity index (χ1v) is 7.55. The van der Waals surface area contributed by atoms with Gasteiger partial charge >= 0.3 is 17.6 Å². The maximum atomic E-state index is 12.4. The van der Waals surface area contributed by atoms with Crippen molar-refractivity contribution in [2.45, 2.75) is 0 Å². The van der Waals surface area contributed by atoms with E-state index in [1.165, 1.54) is 26.2 Å². The van der Waals surface area contributed by atoms with Crippen LogP contribution < -0.4 is 15.3 Å². The Bertz CT molecular complexity index is 956. The number of carbonyl (C=O) groups excluding carboxylic acids is 2. The molecule has 1 aliphatic heterocycles. The third-order valence-corrected chi connectivity index (χ3v) is 3.94. The van der Waals surface area contributed by atoms with E-state index in [1.54, 1.807) is 12.1 Å². The van der Waals surface area contributed by atoms with E-state index in [4.69, 9.17) is 18.9 Å². The molecule has 0 atom stereocenters. The Morgan fingerprint density at radius 3 is 2.35 bits per heavy atom. The van der Waals surface area contributed by atoms with Crippen LogP contribution in [0.1, 0.15) is 0 Å². The van der Waals surface area contributed by atoms with Crippen molar-refractivity contribution in [1.29, 1.82) is 0 Å². The second-order valence-electron chi connectivity index (χ2n) is 5.36. The standard InChI is InChI=1S/C16H17N3O7/c1-23-12-5-10-9(17-16(22)18-10)4-11(12)19-7-26-6-8(14(20)24-2)13(19)15(21)25-3/h4-5H,6-7H2,1-3H3,(H2,17,18,22). The molecule has 0 aliphatic carbocycles. The van der Waals surface area contributed by atoms with Gasteiger partial charge in [-0.15, -0.1) is 0 Å². The van der Waals surface area contributed by atoms with Gasteiger partial charge in [-0.1, -0.05) is 0 Å². The van der Waals surface area contributed by atoms with E-state index in [-0.39, 0.29) is 30.3 Å². The number of hydrogen-bond acceptors (Lipinski definition) is 8. The number of carbonyl (C=O) groups is 2. The fraction of sp³-hybridized carbons (Fsp3) is 0.312. The van der Waals surface area contributed by atoms with Crippen molar-refractivity contribution in [2.24, 2.45) is 0 Å². The van der Waals surface area contributed by atoms with Crippen molar-refractivity contribution < 1.29 is 28.5 Å².